The number of nitrogen functional groups attached to an aromatic ring is 1. The van der Waals surface area contributed by atoms with Gasteiger partial charge in [-0.05, 0) is 22.0 Å². The van der Waals surface area contributed by atoms with Gasteiger partial charge in [0.15, 0.2) is 0 Å². The number of anilines is 2. The van der Waals surface area contributed by atoms with E-state index in [0.29, 0.717) is 28.2 Å². The number of aromatic nitrogens is 3. The Hall–Kier alpha value is -1.63. The number of nitrogens with one attached hydrogen (secondary N) is 2. The first-order chi connectivity index (χ1) is 7.66. The van der Waals surface area contributed by atoms with Crippen LogP contribution in [0.3, 0.4) is 0 Å². The molecular formula is C9H9BrFN5. The molecule has 2 rings (SSSR count). The Morgan fingerprint density at radius 3 is 3.00 bits per heavy atom. The fourth-order valence-electron chi connectivity index (χ4n) is 1.21. The Morgan fingerprint density at radius 2 is 2.31 bits per heavy atom. The van der Waals surface area contributed by atoms with Crippen LogP contribution >= 0.6 is 15.9 Å². The van der Waals surface area contributed by atoms with E-state index in [1.165, 1.54) is 12.4 Å². The van der Waals surface area contributed by atoms with Crippen LogP contribution in [-0.4, -0.2) is 15.2 Å². The highest BCUT2D eigenvalue weighted by atomic mass is 79.9. The van der Waals surface area contributed by atoms with Crippen molar-refractivity contribution < 1.29 is 4.39 Å². The van der Waals surface area contributed by atoms with Crippen LogP contribution in [-0.2, 0) is 6.54 Å². The van der Waals surface area contributed by atoms with Crippen molar-refractivity contribution in [2.45, 2.75) is 6.54 Å². The third-order valence-electron chi connectivity index (χ3n) is 2.00. The first-order valence-electron chi connectivity index (χ1n) is 4.49. The van der Waals surface area contributed by atoms with E-state index in [4.69, 9.17) is 5.73 Å². The molecule has 0 amide bonds. The summed E-state index contributed by atoms with van der Waals surface area (Å²) >= 11 is 3.09. The lowest BCUT2D eigenvalue weighted by molar-refractivity contribution is 0.622. The van der Waals surface area contributed by atoms with Crippen LogP contribution in [0.4, 0.5) is 15.8 Å². The van der Waals surface area contributed by atoms with Gasteiger partial charge < -0.3 is 11.1 Å². The predicted molar refractivity (Wildman–Crippen MR) is 62.2 cm³/mol. The lowest BCUT2D eigenvalue weighted by Crippen LogP contribution is -2.04. The molecule has 5 nitrogen and oxygen atoms in total. The zero-order valence-corrected chi connectivity index (χ0v) is 9.75. The van der Waals surface area contributed by atoms with Gasteiger partial charge in [0.2, 0.25) is 0 Å². The molecule has 0 radical (unpaired) electrons. The largest absolute Gasteiger partial charge is 0.397 e. The fourth-order valence-corrected chi connectivity index (χ4v) is 1.55. The highest BCUT2D eigenvalue weighted by Gasteiger charge is 2.06. The van der Waals surface area contributed by atoms with Crippen LogP contribution in [0.5, 0.6) is 0 Å². The summed E-state index contributed by atoms with van der Waals surface area (Å²) in [7, 11) is 0. The summed E-state index contributed by atoms with van der Waals surface area (Å²) in [5.74, 6) is 0.294. The Kier molecular flexibility index (Phi) is 3.04. The number of rotatable bonds is 3. The smallest absolute Gasteiger partial charge is 0.143 e. The highest BCUT2D eigenvalue weighted by molar-refractivity contribution is 9.10. The van der Waals surface area contributed by atoms with Crippen LogP contribution in [0, 0.1) is 5.82 Å². The molecule has 0 fully saturated rings. The number of nitrogens with two attached hydrogens (primary N) is 1. The predicted octanol–water partition coefficient (Wildman–Crippen LogP) is 1.90. The summed E-state index contributed by atoms with van der Waals surface area (Å²) in [6.07, 6.45) is 1.42. The monoisotopic (exact) mass is 285 g/mol. The molecule has 0 saturated heterocycles. The van der Waals surface area contributed by atoms with Crippen molar-refractivity contribution in [1.29, 1.82) is 0 Å². The zero-order valence-electron chi connectivity index (χ0n) is 8.17. The van der Waals surface area contributed by atoms with E-state index >= 15 is 0 Å². The molecule has 4 N–H and O–H groups in total. The van der Waals surface area contributed by atoms with Crippen molar-refractivity contribution in [3.63, 3.8) is 0 Å². The van der Waals surface area contributed by atoms with E-state index in [0.717, 1.165) is 0 Å². The van der Waals surface area contributed by atoms with E-state index in [1.807, 2.05) is 0 Å². The Labute approximate surface area is 99.4 Å². The fraction of sp³-hybridized carbons (Fsp3) is 0.111. The van der Waals surface area contributed by atoms with Gasteiger partial charge in [0.1, 0.15) is 18.0 Å². The van der Waals surface area contributed by atoms with Crippen LogP contribution in [0.25, 0.3) is 0 Å². The minimum Gasteiger partial charge on any atom is -0.397 e. The topological polar surface area (TPSA) is 79.6 Å². The molecule has 7 heteroatoms. The van der Waals surface area contributed by atoms with Gasteiger partial charge in [-0.3, -0.25) is 5.10 Å². The first kappa shape index (κ1) is 10.9. The second kappa shape index (κ2) is 4.48. The summed E-state index contributed by atoms with van der Waals surface area (Å²) in [6.45, 7) is 0.447. The van der Waals surface area contributed by atoms with Crippen LogP contribution in [0.15, 0.2) is 22.9 Å². The number of hydrogen-bond acceptors (Lipinski definition) is 4. The van der Waals surface area contributed by atoms with Crippen molar-refractivity contribution in [1.82, 2.24) is 15.2 Å². The molecular weight excluding hydrogens is 277 g/mol. The molecule has 1 aromatic heterocycles. The van der Waals surface area contributed by atoms with E-state index in [2.05, 4.69) is 36.4 Å². The molecule has 1 heterocycles. The number of hydrogen-bond donors (Lipinski definition) is 3. The molecule has 0 aliphatic rings. The van der Waals surface area contributed by atoms with E-state index in [9.17, 15) is 4.39 Å². The Balaban J connectivity index is 2.12. The van der Waals surface area contributed by atoms with Crippen molar-refractivity contribution in [3.8, 4) is 0 Å². The lowest BCUT2D eigenvalue weighted by atomic mass is 10.2. The van der Waals surface area contributed by atoms with Gasteiger partial charge in [-0.1, -0.05) is 0 Å². The number of benzene rings is 1. The van der Waals surface area contributed by atoms with Crippen LogP contribution in [0.1, 0.15) is 5.82 Å². The number of halogens is 2. The average Bonchev–Trinajstić information content (AvgIpc) is 2.74. The standard InChI is InChI=1S/C9H9BrFN5/c10-5-1-8(7(12)2-6(5)11)13-3-9-14-4-15-16-9/h1-2,4,13H,3,12H2,(H,14,15,16). The molecule has 0 aliphatic heterocycles. The Bertz CT molecular complexity index is 485. The minimum atomic E-state index is -0.386. The highest BCUT2D eigenvalue weighted by Crippen LogP contribution is 2.26. The third kappa shape index (κ3) is 2.30. The first-order valence-corrected chi connectivity index (χ1v) is 5.29. The van der Waals surface area contributed by atoms with Crippen LogP contribution < -0.4 is 11.1 Å². The maximum atomic E-state index is 13.1. The van der Waals surface area contributed by atoms with E-state index < -0.39 is 0 Å². The SMILES string of the molecule is Nc1cc(F)c(Br)cc1NCc1ncn[nH]1. The van der Waals surface area contributed by atoms with Gasteiger partial charge in [-0.15, -0.1) is 0 Å². The second-order valence-electron chi connectivity index (χ2n) is 3.14. The summed E-state index contributed by atoms with van der Waals surface area (Å²) in [5.41, 5.74) is 6.65. The summed E-state index contributed by atoms with van der Waals surface area (Å²) in [4.78, 5) is 3.95. The van der Waals surface area contributed by atoms with Crippen molar-refractivity contribution >= 4 is 27.3 Å². The number of nitrogens with zero attached hydrogens (tertiary/aromatic N) is 2. The van der Waals surface area contributed by atoms with E-state index in [1.54, 1.807) is 6.07 Å². The molecule has 2 aromatic rings. The molecule has 0 saturated carbocycles. The van der Waals surface area contributed by atoms with Crippen molar-refractivity contribution in [2.24, 2.45) is 0 Å². The van der Waals surface area contributed by atoms with E-state index in [-0.39, 0.29) is 5.82 Å². The minimum absolute atomic E-state index is 0.347. The molecule has 0 aliphatic carbocycles. The average molecular weight is 286 g/mol. The van der Waals surface area contributed by atoms with Gasteiger partial charge in [0, 0.05) is 6.07 Å². The molecule has 16 heavy (non-hydrogen) atoms. The maximum absolute atomic E-state index is 13.1. The summed E-state index contributed by atoms with van der Waals surface area (Å²) in [5, 5.41) is 9.44. The third-order valence-corrected chi connectivity index (χ3v) is 2.61. The maximum Gasteiger partial charge on any atom is 0.143 e. The molecule has 84 valence electrons. The molecule has 1 aromatic carbocycles. The lowest BCUT2D eigenvalue weighted by Gasteiger charge is -2.08. The number of H-pyrrole nitrogens is 1. The van der Waals surface area contributed by atoms with Gasteiger partial charge in [0.05, 0.1) is 22.4 Å². The summed E-state index contributed by atoms with van der Waals surface area (Å²) < 4.78 is 13.5. The van der Waals surface area contributed by atoms with Crippen molar-refractivity contribution in [3.05, 3.63) is 34.6 Å². The molecule has 0 spiro atoms. The zero-order chi connectivity index (χ0) is 11.5. The van der Waals surface area contributed by atoms with Crippen LogP contribution in [0.2, 0.25) is 0 Å². The van der Waals surface area contributed by atoms with Gasteiger partial charge >= 0.3 is 0 Å². The van der Waals surface area contributed by atoms with Gasteiger partial charge in [-0.25, -0.2) is 9.37 Å². The normalized spacial score (nSPS) is 10.4. The quantitative estimate of drug-likeness (QED) is 0.753. The van der Waals surface area contributed by atoms with Gasteiger partial charge in [-0.2, -0.15) is 5.10 Å². The molecule has 0 bridgehead atoms. The Morgan fingerprint density at radius 1 is 1.50 bits per heavy atom. The van der Waals surface area contributed by atoms with Gasteiger partial charge in [0.25, 0.3) is 0 Å². The second-order valence-corrected chi connectivity index (χ2v) is 3.99. The summed E-state index contributed by atoms with van der Waals surface area (Å²) in [6, 6.07) is 2.84. The molecule has 0 unspecified atom stereocenters. The number of aromatic amines is 1. The molecule has 0 atom stereocenters. The van der Waals surface area contributed by atoms with Crippen molar-refractivity contribution in [2.75, 3.05) is 11.1 Å².